The molecule has 0 spiro atoms. The predicted molar refractivity (Wildman–Crippen MR) is 84.4 cm³/mol. The van der Waals surface area contributed by atoms with Crippen molar-refractivity contribution in [3.63, 3.8) is 0 Å². The average molecular weight is 316 g/mol. The summed E-state index contributed by atoms with van der Waals surface area (Å²) in [7, 11) is 0. The Hall–Kier alpha value is -0.970. The molecular formula is C14H19Cl2N3O. The molecule has 4 nitrogen and oxygen atoms in total. The van der Waals surface area contributed by atoms with E-state index in [0.717, 1.165) is 19.4 Å². The molecule has 2 unspecified atom stereocenters. The normalized spacial score (nSPS) is 20.9. The standard InChI is InChI=1S/C14H19Cl2N3O/c1-8-4-3-5-19(8)9(2)14(20)18-13-11(16)6-10(15)7-12(13)17/h6-9H,3-5,17H2,1-2H3,(H,18,20). The fourth-order valence-electron chi connectivity index (χ4n) is 2.63. The summed E-state index contributed by atoms with van der Waals surface area (Å²) in [6.07, 6.45) is 2.25. The Kier molecular flexibility index (Phi) is 4.78. The molecule has 2 atom stereocenters. The molecule has 1 aliphatic rings. The van der Waals surface area contributed by atoms with Crippen LogP contribution in [0.2, 0.25) is 10.0 Å². The minimum atomic E-state index is -0.210. The van der Waals surface area contributed by atoms with E-state index in [1.165, 1.54) is 0 Å². The van der Waals surface area contributed by atoms with E-state index in [2.05, 4.69) is 17.1 Å². The van der Waals surface area contributed by atoms with Crippen molar-refractivity contribution < 1.29 is 4.79 Å². The van der Waals surface area contributed by atoms with Crippen LogP contribution in [0.3, 0.4) is 0 Å². The summed E-state index contributed by atoms with van der Waals surface area (Å²) < 4.78 is 0. The zero-order valence-electron chi connectivity index (χ0n) is 11.6. The van der Waals surface area contributed by atoms with Gasteiger partial charge in [-0.15, -0.1) is 0 Å². The minimum Gasteiger partial charge on any atom is -0.397 e. The Balaban J connectivity index is 2.12. The number of benzene rings is 1. The number of halogens is 2. The second-order valence-corrected chi connectivity index (χ2v) is 6.09. The average Bonchev–Trinajstić information content (AvgIpc) is 2.78. The molecule has 3 N–H and O–H groups in total. The van der Waals surface area contributed by atoms with Gasteiger partial charge < -0.3 is 11.1 Å². The van der Waals surface area contributed by atoms with E-state index in [1.54, 1.807) is 12.1 Å². The largest absolute Gasteiger partial charge is 0.397 e. The smallest absolute Gasteiger partial charge is 0.241 e. The number of rotatable bonds is 3. The molecule has 0 aliphatic carbocycles. The van der Waals surface area contributed by atoms with Crippen molar-refractivity contribution >= 4 is 40.5 Å². The first kappa shape index (κ1) is 15.4. The maximum atomic E-state index is 12.3. The maximum Gasteiger partial charge on any atom is 0.241 e. The Labute approximate surface area is 129 Å². The van der Waals surface area contributed by atoms with Crippen LogP contribution in [-0.2, 0) is 4.79 Å². The van der Waals surface area contributed by atoms with Gasteiger partial charge in [0.1, 0.15) is 0 Å². The summed E-state index contributed by atoms with van der Waals surface area (Å²) in [5.74, 6) is -0.102. The van der Waals surface area contributed by atoms with Crippen molar-refractivity contribution in [3.05, 3.63) is 22.2 Å². The lowest BCUT2D eigenvalue weighted by molar-refractivity contribution is -0.121. The van der Waals surface area contributed by atoms with Crippen LogP contribution in [0.5, 0.6) is 0 Å². The van der Waals surface area contributed by atoms with Gasteiger partial charge in [0.2, 0.25) is 5.91 Å². The second kappa shape index (κ2) is 6.20. The maximum absolute atomic E-state index is 12.3. The first-order valence-electron chi connectivity index (χ1n) is 6.71. The van der Waals surface area contributed by atoms with Gasteiger partial charge in [0.15, 0.2) is 0 Å². The SMILES string of the molecule is CC1CCCN1C(C)C(=O)Nc1c(N)cc(Cl)cc1Cl. The molecular weight excluding hydrogens is 297 g/mol. The zero-order valence-corrected chi connectivity index (χ0v) is 13.1. The van der Waals surface area contributed by atoms with Gasteiger partial charge in [-0.1, -0.05) is 23.2 Å². The molecule has 1 aliphatic heterocycles. The highest BCUT2D eigenvalue weighted by atomic mass is 35.5. The first-order chi connectivity index (χ1) is 9.40. The van der Waals surface area contributed by atoms with E-state index in [4.69, 9.17) is 28.9 Å². The van der Waals surface area contributed by atoms with Crippen LogP contribution in [0.4, 0.5) is 11.4 Å². The van der Waals surface area contributed by atoms with E-state index < -0.39 is 0 Å². The number of nitrogens with one attached hydrogen (secondary N) is 1. The number of hydrogen-bond acceptors (Lipinski definition) is 3. The zero-order chi connectivity index (χ0) is 14.9. The van der Waals surface area contributed by atoms with Gasteiger partial charge in [-0.2, -0.15) is 0 Å². The number of likely N-dealkylation sites (tertiary alicyclic amines) is 1. The lowest BCUT2D eigenvalue weighted by Crippen LogP contribution is -2.43. The number of carbonyl (C=O) groups excluding carboxylic acids is 1. The molecule has 0 saturated carbocycles. The number of nitrogens with two attached hydrogens (primary N) is 1. The Bertz CT molecular complexity index is 498. The van der Waals surface area contributed by atoms with Crippen LogP contribution >= 0.6 is 23.2 Å². The van der Waals surface area contributed by atoms with Gasteiger partial charge in [0.05, 0.1) is 22.4 Å². The fourth-order valence-corrected chi connectivity index (χ4v) is 3.19. The van der Waals surface area contributed by atoms with Crippen molar-refractivity contribution in [1.82, 2.24) is 4.90 Å². The molecule has 1 aromatic rings. The molecule has 110 valence electrons. The number of nitrogens with zero attached hydrogens (tertiary/aromatic N) is 1. The van der Waals surface area contributed by atoms with E-state index in [0.29, 0.717) is 27.5 Å². The molecule has 1 saturated heterocycles. The lowest BCUT2D eigenvalue weighted by Gasteiger charge is -2.27. The molecule has 20 heavy (non-hydrogen) atoms. The number of anilines is 2. The molecule has 1 aromatic carbocycles. The van der Waals surface area contributed by atoms with Gasteiger partial charge in [-0.05, 0) is 45.4 Å². The van der Waals surface area contributed by atoms with Crippen molar-refractivity contribution in [2.45, 2.75) is 38.8 Å². The van der Waals surface area contributed by atoms with Crippen LogP contribution in [0.25, 0.3) is 0 Å². The van der Waals surface area contributed by atoms with Crippen molar-refractivity contribution in [3.8, 4) is 0 Å². The van der Waals surface area contributed by atoms with Crippen LogP contribution in [-0.4, -0.2) is 29.4 Å². The van der Waals surface area contributed by atoms with Crippen molar-refractivity contribution in [1.29, 1.82) is 0 Å². The van der Waals surface area contributed by atoms with Gasteiger partial charge >= 0.3 is 0 Å². The van der Waals surface area contributed by atoms with Crippen molar-refractivity contribution in [2.24, 2.45) is 0 Å². The van der Waals surface area contributed by atoms with Gasteiger partial charge in [0, 0.05) is 11.1 Å². The molecule has 1 heterocycles. The lowest BCUT2D eigenvalue weighted by atomic mass is 10.2. The van der Waals surface area contributed by atoms with Crippen LogP contribution in [0.1, 0.15) is 26.7 Å². The monoisotopic (exact) mass is 315 g/mol. The molecule has 0 bridgehead atoms. The third-order valence-corrected chi connectivity index (χ3v) is 4.33. The van der Waals surface area contributed by atoms with Crippen LogP contribution in [0, 0.1) is 0 Å². The molecule has 1 fully saturated rings. The summed E-state index contributed by atoms with van der Waals surface area (Å²) in [6.45, 7) is 4.98. The fraction of sp³-hybridized carbons (Fsp3) is 0.500. The van der Waals surface area contributed by atoms with Crippen LogP contribution < -0.4 is 11.1 Å². The highest BCUT2D eigenvalue weighted by Gasteiger charge is 2.29. The second-order valence-electron chi connectivity index (χ2n) is 5.25. The van der Waals surface area contributed by atoms with E-state index in [1.807, 2.05) is 6.92 Å². The minimum absolute atomic E-state index is 0.102. The first-order valence-corrected chi connectivity index (χ1v) is 7.47. The molecule has 2 rings (SSSR count). The predicted octanol–water partition coefficient (Wildman–Crippen LogP) is 3.39. The molecule has 1 amide bonds. The van der Waals surface area contributed by atoms with Gasteiger partial charge in [0.25, 0.3) is 0 Å². The Morgan fingerprint density at radius 2 is 2.20 bits per heavy atom. The molecule has 0 aromatic heterocycles. The number of hydrogen-bond donors (Lipinski definition) is 2. The number of carbonyl (C=O) groups is 1. The summed E-state index contributed by atoms with van der Waals surface area (Å²) in [6, 6.07) is 3.36. The summed E-state index contributed by atoms with van der Waals surface area (Å²) in [5, 5.41) is 3.61. The third-order valence-electron chi connectivity index (χ3n) is 3.81. The summed E-state index contributed by atoms with van der Waals surface area (Å²) >= 11 is 11.9. The Morgan fingerprint density at radius 1 is 1.50 bits per heavy atom. The number of nitrogen functional groups attached to an aromatic ring is 1. The summed E-state index contributed by atoms with van der Waals surface area (Å²) in [5.41, 5.74) is 6.66. The van der Waals surface area contributed by atoms with E-state index in [9.17, 15) is 4.79 Å². The summed E-state index contributed by atoms with van der Waals surface area (Å²) in [4.78, 5) is 14.5. The quantitative estimate of drug-likeness (QED) is 0.841. The third kappa shape index (κ3) is 3.19. The van der Waals surface area contributed by atoms with E-state index in [-0.39, 0.29) is 11.9 Å². The molecule has 6 heteroatoms. The highest BCUT2D eigenvalue weighted by Crippen LogP contribution is 2.32. The van der Waals surface area contributed by atoms with Gasteiger partial charge in [-0.25, -0.2) is 0 Å². The van der Waals surface area contributed by atoms with Crippen molar-refractivity contribution in [2.75, 3.05) is 17.6 Å². The van der Waals surface area contributed by atoms with Crippen LogP contribution in [0.15, 0.2) is 12.1 Å². The number of amides is 1. The van der Waals surface area contributed by atoms with Gasteiger partial charge in [-0.3, -0.25) is 9.69 Å². The highest BCUT2D eigenvalue weighted by molar-refractivity contribution is 6.37. The molecule has 0 radical (unpaired) electrons. The Morgan fingerprint density at radius 3 is 2.75 bits per heavy atom. The topological polar surface area (TPSA) is 58.4 Å². The van der Waals surface area contributed by atoms with E-state index >= 15 is 0 Å².